The number of nitrogens with one attached hydrogen (secondary N) is 2. The molecule has 1 atom stereocenters. The Bertz CT molecular complexity index is 719. The fraction of sp³-hybridized carbons (Fsp3) is 0.409. The van der Waals surface area contributed by atoms with Crippen LogP contribution in [0, 0.1) is 6.92 Å². The zero-order chi connectivity index (χ0) is 19.9. The minimum Gasteiger partial charge on any atom is -0.394 e. The lowest BCUT2D eigenvalue weighted by atomic mass is 9.87. The SMILES string of the molecule is Cc1ccc(C(CNC(=O)Nc2ccc(C(C)(C)C)cc2)OCCO)cc1. The van der Waals surface area contributed by atoms with Gasteiger partial charge >= 0.3 is 6.03 Å². The van der Waals surface area contributed by atoms with Crippen molar-refractivity contribution in [2.75, 3.05) is 25.1 Å². The van der Waals surface area contributed by atoms with Crippen LogP contribution in [0.15, 0.2) is 48.5 Å². The summed E-state index contributed by atoms with van der Waals surface area (Å²) < 4.78 is 5.68. The monoisotopic (exact) mass is 370 g/mol. The summed E-state index contributed by atoms with van der Waals surface area (Å²) in [7, 11) is 0. The van der Waals surface area contributed by atoms with E-state index in [4.69, 9.17) is 9.84 Å². The van der Waals surface area contributed by atoms with Crippen molar-refractivity contribution in [1.82, 2.24) is 5.32 Å². The van der Waals surface area contributed by atoms with Crippen LogP contribution in [0.4, 0.5) is 10.5 Å². The average molecular weight is 370 g/mol. The van der Waals surface area contributed by atoms with Gasteiger partial charge in [0, 0.05) is 12.2 Å². The quantitative estimate of drug-likeness (QED) is 0.685. The summed E-state index contributed by atoms with van der Waals surface area (Å²) in [5, 5.41) is 14.7. The molecule has 0 aromatic heterocycles. The number of carbonyl (C=O) groups is 1. The van der Waals surface area contributed by atoms with E-state index in [0.29, 0.717) is 6.54 Å². The maximum absolute atomic E-state index is 12.2. The van der Waals surface area contributed by atoms with E-state index in [-0.39, 0.29) is 30.8 Å². The molecule has 5 heteroatoms. The lowest BCUT2D eigenvalue weighted by Crippen LogP contribution is -2.33. The van der Waals surface area contributed by atoms with Crippen LogP contribution in [0.3, 0.4) is 0 Å². The molecule has 3 N–H and O–H groups in total. The lowest BCUT2D eigenvalue weighted by molar-refractivity contribution is 0.0297. The number of hydrogen-bond donors (Lipinski definition) is 3. The lowest BCUT2D eigenvalue weighted by Gasteiger charge is -2.20. The first-order valence-corrected chi connectivity index (χ1v) is 9.24. The Balaban J connectivity index is 1.93. The van der Waals surface area contributed by atoms with Gasteiger partial charge in [-0.15, -0.1) is 0 Å². The first kappa shape index (κ1) is 20.9. The average Bonchev–Trinajstić information content (AvgIpc) is 2.62. The molecule has 146 valence electrons. The Hall–Kier alpha value is -2.37. The molecule has 5 nitrogen and oxygen atoms in total. The van der Waals surface area contributed by atoms with Crippen LogP contribution in [-0.2, 0) is 10.2 Å². The number of amides is 2. The minimum absolute atomic E-state index is 0.0608. The summed E-state index contributed by atoms with van der Waals surface area (Å²) in [6, 6.07) is 15.5. The van der Waals surface area contributed by atoms with Crippen molar-refractivity contribution in [3.05, 3.63) is 65.2 Å². The van der Waals surface area contributed by atoms with Gasteiger partial charge in [-0.05, 0) is 35.6 Å². The molecule has 0 saturated carbocycles. The van der Waals surface area contributed by atoms with E-state index in [1.165, 1.54) is 5.56 Å². The van der Waals surface area contributed by atoms with E-state index in [1.54, 1.807) is 0 Å². The van der Waals surface area contributed by atoms with E-state index >= 15 is 0 Å². The molecule has 1 unspecified atom stereocenters. The van der Waals surface area contributed by atoms with Crippen LogP contribution in [0.2, 0.25) is 0 Å². The number of urea groups is 1. The first-order chi connectivity index (χ1) is 12.8. The van der Waals surface area contributed by atoms with E-state index in [2.05, 4.69) is 31.4 Å². The molecule has 2 amide bonds. The predicted molar refractivity (Wildman–Crippen MR) is 109 cm³/mol. The minimum atomic E-state index is -0.313. The van der Waals surface area contributed by atoms with Gasteiger partial charge in [-0.1, -0.05) is 62.7 Å². The van der Waals surface area contributed by atoms with Crippen LogP contribution >= 0.6 is 0 Å². The van der Waals surface area contributed by atoms with E-state index in [0.717, 1.165) is 16.8 Å². The van der Waals surface area contributed by atoms with Crippen molar-refractivity contribution < 1.29 is 14.6 Å². The van der Waals surface area contributed by atoms with Gasteiger partial charge < -0.3 is 20.5 Å². The van der Waals surface area contributed by atoms with Crippen molar-refractivity contribution in [3.8, 4) is 0 Å². The Morgan fingerprint density at radius 3 is 2.26 bits per heavy atom. The van der Waals surface area contributed by atoms with Crippen LogP contribution in [0.25, 0.3) is 0 Å². The van der Waals surface area contributed by atoms with E-state index in [1.807, 2.05) is 55.5 Å². The highest BCUT2D eigenvalue weighted by atomic mass is 16.5. The molecule has 0 bridgehead atoms. The Morgan fingerprint density at radius 1 is 1.07 bits per heavy atom. The summed E-state index contributed by atoms with van der Waals surface area (Å²) >= 11 is 0. The summed E-state index contributed by atoms with van der Waals surface area (Å²) in [5.41, 5.74) is 4.15. The third kappa shape index (κ3) is 6.70. The van der Waals surface area contributed by atoms with Crippen LogP contribution in [0.5, 0.6) is 0 Å². The summed E-state index contributed by atoms with van der Waals surface area (Å²) in [6.45, 7) is 8.95. The smallest absolute Gasteiger partial charge is 0.319 e. The summed E-state index contributed by atoms with van der Waals surface area (Å²) in [4.78, 5) is 12.2. The molecule has 2 aromatic rings. The molecule has 0 saturated heterocycles. The van der Waals surface area contributed by atoms with Gasteiger partial charge in [0.25, 0.3) is 0 Å². The van der Waals surface area contributed by atoms with Gasteiger partial charge in [0.2, 0.25) is 0 Å². The third-order valence-corrected chi connectivity index (χ3v) is 4.32. The standard InChI is InChI=1S/C22H30N2O3/c1-16-5-7-17(8-6-16)20(27-14-13-25)15-23-21(26)24-19-11-9-18(10-12-19)22(2,3)4/h5-12,20,25H,13-15H2,1-4H3,(H2,23,24,26). The molecule has 2 aromatic carbocycles. The van der Waals surface area contributed by atoms with Crippen LogP contribution < -0.4 is 10.6 Å². The number of aliphatic hydroxyl groups is 1. The van der Waals surface area contributed by atoms with Gasteiger partial charge in [0.15, 0.2) is 0 Å². The topological polar surface area (TPSA) is 70.6 Å². The van der Waals surface area contributed by atoms with Crippen molar-refractivity contribution in [1.29, 1.82) is 0 Å². The Kier molecular flexibility index (Phi) is 7.39. The number of aliphatic hydroxyl groups excluding tert-OH is 1. The van der Waals surface area contributed by atoms with E-state index in [9.17, 15) is 4.79 Å². The molecule has 27 heavy (non-hydrogen) atoms. The molecular weight excluding hydrogens is 340 g/mol. The maximum atomic E-state index is 12.2. The van der Waals surface area contributed by atoms with Crippen LogP contribution in [-0.4, -0.2) is 30.9 Å². The highest BCUT2D eigenvalue weighted by Gasteiger charge is 2.15. The molecule has 0 aliphatic heterocycles. The van der Waals surface area contributed by atoms with Gasteiger partial charge in [-0.25, -0.2) is 4.79 Å². The number of ether oxygens (including phenoxy) is 1. The van der Waals surface area contributed by atoms with E-state index < -0.39 is 0 Å². The molecule has 0 radical (unpaired) electrons. The van der Waals surface area contributed by atoms with Gasteiger partial charge in [-0.3, -0.25) is 0 Å². The fourth-order valence-corrected chi connectivity index (χ4v) is 2.66. The molecule has 2 rings (SSSR count). The van der Waals surface area contributed by atoms with Crippen molar-refractivity contribution in [2.24, 2.45) is 0 Å². The number of anilines is 1. The first-order valence-electron chi connectivity index (χ1n) is 9.24. The van der Waals surface area contributed by atoms with Crippen molar-refractivity contribution >= 4 is 11.7 Å². The molecule has 0 heterocycles. The predicted octanol–water partition coefficient (Wildman–Crippen LogP) is 4.16. The van der Waals surface area contributed by atoms with Crippen molar-refractivity contribution in [3.63, 3.8) is 0 Å². The normalized spacial score (nSPS) is 12.5. The molecule has 0 spiro atoms. The summed E-state index contributed by atoms with van der Waals surface area (Å²) in [6.07, 6.45) is -0.313. The highest BCUT2D eigenvalue weighted by Crippen LogP contribution is 2.23. The maximum Gasteiger partial charge on any atom is 0.319 e. The molecule has 0 fully saturated rings. The Morgan fingerprint density at radius 2 is 1.70 bits per heavy atom. The number of benzene rings is 2. The number of rotatable bonds is 7. The molecular formula is C22H30N2O3. The molecule has 0 aliphatic rings. The van der Waals surface area contributed by atoms with Gasteiger partial charge in [0.05, 0.1) is 19.3 Å². The zero-order valence-electron chi connectivity index (χ0n) is 16.6. The molecule has 0 aliphatic carbocycles. The Labute approximate surface area is 161 Å². The van der Waals surface area contributed by atoms with Crippen LogP contribution in [0.1, 0.15) is 43.6 Å². The second-order valence-corrected chi connectivity index (χ2v) is 7.66. The third-order valence-electron chi connectivity index (χ3n) is 4.32. The van der Waals surface area contributed by atoms with Crippen molar-refractivity contribution in [2.45, 2.75) is 39.2 Å². The number of aryl methyl sites for hydroxylation is 1. The van der Waals surface area contributed by atoms with Gasteiger partial charge in [-0.2, -0.15) is 0 Å². The number of hydrogen-bond acceptors (Lipinski definition) is 3. The zero-order valence-corrected chi connectivity index (χ0v) is 16.6. The van der Waals surface area contributed by atoms with Gasteiger partial charge in [0.1, 0.15) is 0 Å². The fourth-order valence-electron chi connectivity index (χ4n) is 2.66. The largest absolute Gasteiger partial charge is 0.394 e. The second-order valence-electron chi connectivity index (χ2n) is 7.66. The second kappa shape index (κ2) is 9.53. The number of carbonyl (C=O) groups excluding carboxylic acids is 1. The summed E-state index contributed by atoms with van der Waals surface area (Å²) in [5.74, 6) is 0. The highest BCUT2D eigenvalue weighted by molar-refractivity contribution is 5.89.